The Morgan fingerprint density at radius 1 is 1.05 bits per heavy atom. The van der Waals surface area contributed by atoms with Crippen LogP contribution in [0.3, 0.4) is 0 Å². The Labute approximate surface area is 132 Å². The van der Waals surface area contributed by atoms with Crippen molar-refractivity contribution in [2.24, 2.45) is 5.73 Å². The predicted octanol–water partition coefficient (Wildman–Crippen LogP) is 0.774. The van der Waals surface area contributed by atoms with Crippen LogP contribution in [0.1, 0.15) is 6.42 Å². The number of hydrogen-bond donors (Lipinski definition) is 4. The highest BCUT2D eigenvalue weighted by Crippen LogP contribution is 2.14. The monoisotopic (exact) mass is 330 g/mol. The molecule has 0 saturated carbocycles. The van der Waals surface area contributed by atoms with Crippen molar-refractivity contribution in [1.82, 2.24) is 5.32 Å². The van der Waals surface area contributed by atoms with Gasteiger partial charge in [-0.25, -0.2) is 4.79 Å². The highest BCUT2D eigenvalue weighted by atomic mass is 28.4. The van der Waals surface area contributed by atoms with Gasteiger partial charge in [0, 0.05) is 45.3 Å². The molecule has 0 radical (unpaired) electrons. The van der Waals surface area contributed by atoms with Gasteiger partial charge in [0.15, 0.2) is 0 Å². The first kappa shape index (κ1) is 20.2. The van der Waals surface area contributed by atoms with E-state index in [2.05, 4.69) is 5.32 Å². The molecule has 0 atom stereocenters. The molecule has 0 unspecified atom stereocenters. The quantitative estimate of drug-likeness (QED) is 0.331. The van der Waals surface area contributed by atoms with E-state index in [0.29, 0.717) is 19.0 Å². The number of nitrogens with one attached hydrogen (secondary N) is 1. The van der Waals surface area contributed by atoms with E-state index in [9.17, 15) is 4.79 Å². The summed E-state index contributed by atoms with van der Waals surface area (Å²) in [5, 5.41) is 2.48. The molecule has 126 valence electrons. The number of benzene rings is 1. The molecule has 0 spiro atoms. The summed E-state index contributed by atoms with van der Waals surface area (Å²) >= 11 is 0. The molecule has 1 rings (SSSR count). The lowest BCUT2D eigenvalue weighted by Gasteiger charge is -2.24. The van der Waals surface area contributed by atoms with Gasteiger partial charge in [-0.1, -0.05) is 0 Å². The van der Waals surface area contributed by atoms with E-state index in [-0.39, 0.29) is 0 Å². The maximum absolute atomic E-state index is 10.4. The number of hydrogen-bond acceptors (Lipinski definition) is 6. The third-order valence-corrected chi connectivity index (χ3v) is 5.66. The number of rotatable bonds is 7. The lowest BCUT2D eigenvalue weighted by molar-refractivity contribution is 0.123. The Morgan fingerprint density at radius 2 is 1.45 bits per heavy atom. The van der Waals surface area contributed by atoms with Crippen molar-refractivity contribution in [2.75, 3.05) is 39.3 Å². The molecule has 7 N–H and O–H groups in total. The molecule has 0 bridgehead atoms. The summed E-state index contributed by atoms with van der Waals surface area (Å²) in [5.41, 5.74) is 17.1. The van der Waals surface area contributed by atoms with Crippen LogP contribution in [0, 0.1) is 0 Å². The molecule has 2 amide bonds. The number of nitrogens with two attached hydrogens (primary N) is 3. The smallest absolute Gasteiger partial charge is 0.399 e. The van der Waals surface area contributed by atoms with Crippen molar-refractivity contribution < 1.29 is 18.1 Å². The Hall–Kier alpha value is -1.81. The van der Waals surface area contributed by atoms with E-state index in [4.69, 9.17) is 30.5 Å². The van der Waals surface area contributed by atoms with E-state index in [1.54, 1.807) is 45.6 Å². The van der Waals surface area contributed by atoms with Crippen LogP contribution in [-0.2, 0) is 13.3 Å². The van der Waals surface area contributed by atoms with Crippen molar-refractivity contribution in [3.63, 3.8) is 0 Å². The second kappa shape index (κ2) is 10.8. The maximum atomic E-state index is 10.4. The minimum atomic E-state index is -2.48. The van der Waals surface area contributed by atoms with Gasteiger partial charge >= 0.3 is 14.8 Å². The van der Waals surface area contributed by atoms with Crippen LogP contribution in [0.4, 0.5) is 16.2 Å². The highest BCUT2D eigenvalue weighted by molar-refractivity contribution is 6.60. The van der Waals surface area contributed by atoms with Crippen LogP contribution in [0.25, 0.3) is 0 Å². The molecule has 9 heteroatoms. The Morgan fingerprint density at radius 3 is 1.77 bits per heavy atom. The van der Waals surface area contributed by atoms with Crippen molar-refractivity contribution in [3.05, 3.63) is 24.3 Å². The lowest BCUT2D eigenvalue weighted by Crippen LogP contribution is -2.43. The number of urea groups is 1. The summed E-state index contributed by atoms with van der Waals surface area (Å²) < 4.78 is 15.6. The number of anilines is 2. The van der Waals surface area contributed by atoms with Gasteiger partial charge in [0.25, 0.3) is 0 Å². The van der Waals surface area contributed by atoms with Crippen LogP contribution in [0.2, 0.25) is 6.04 Å². The molecule has 0 fully saturated rings. The zero-order chi connectivity index (χ0) is 17.0. The second-order valence-corrected chi connectivity index (χ2v) is 7.45. The molecule has 0 aliphatic carbocycles. The van der Waals surface area contributed by atoms with Crippen LogP contribution >= 0.6 is 0 Å². The van der Waals surface area contributed by atoms with Crippen molar-refractivity contribution in [1.29, 1.82) is 0 Å². The van der Waals surface area contributed by atoms with Gasteiger partial charge in [0.05, 0.1) is 0 Å². The number of carbonyl (C=O) groups is 1. The molecule has 0 heterocycles. The number of carbonyl (C=O) groups excluding carboxylic acids is 1. The van der Waals surface area contributed by atoms with Crippen molar-refractivity contribution >= 4 is 26.2 Å². The average molecular weight is 330 g/mol. The van der Waals surface area contributed by atoms with Gasteiger partial charge in [-0.15, -0.1) is 0 Å². The molecule has 1 aromatic carbocycles. The molecule has 0 aromatic heterocycles. The topological polar surface area (TPSA) is 135 Å². The summed E-state index contributed by atoms with van der Waals surface area (Å²) in [6.07, 6.45) is 0.713. The zero-order valence-corrected chi connectivity index (χ0v) is 14.3. The molecule has 22 heavy (non-hydrogen) atoms. The summed E-state index contributed by atoms with van der Waals surface area (Å²) in [7, 11) is 2.19. The average Bonchev–Trinajstić information content (AvgIpc) is 2.52. The molecule has 8 nitrogen and oxygen atoms in total. The van der Waals surface area contributed by atoms with Gasteiger partial charge in [0.2, 0.25) is 0 Å². The first-order valence-corrected chi connectivity index (χ1v) is 8.62. The number of nitrogen functional groups attached to an aromatic ring is 2. The largest absolute Gasteiger partial charge is 0.500 e. The van der Waals surface area contributed by atoms with E-state index < -0.39 is 14.8 Å². The van der Waals surface area contributed by atoms with Gasteiger partial charge in [-0.05, 0) is 30.7 Å². The Balaban J connectivity index is 0.000000461. The fourth-order valence-electron chi connectivity index (χ4n) is 1.57. The summed E-state index contributed by atoms with van der Waals surface area (Å²) in [6.45, 7) is 0.500. The van der Waals surface area contributed by atoms with E-state index in [1.165, 1.54) is 0 Å². The molecule has 0 aliphatic heterocycles. The molecular weight excluding hydrogens is 304 g/mol. The normalized spacial score (nSPS) is 10.5. The van der Waals surface area contributed by atoms with Crippen LogP contribution in [0.15, 0.2) is 24.3 Å². The number of amides is 2. The van der Waals surface area contributed by atoms with Gasteiger partial charge in [-0.2, -0.15) is 0 Å². The van der Waals surface area contributed by atoms with E-state index >= 15 is 0 Å². The van der Waals surface area contributed by atoms with E-state index in [0.717, 1.165) is 11.4 Å². The first-order valence-electron chi connectivity index (χ1n) is 6.69. The van der Waals surface area contributed by atoms with Gasteiger partial charge < -0.3 is 35.8 Å². The van der Waals surface area contributed by atoms with Crippen molar-refractivity contribution in [2.45, 2.75) is 12.5 Å². The minimum absolute atomic E-state index is 0.500. The van der Waals surface area contributed by atoms with Gasteiger partial charge in [0.1, 0.15) is 0 Å². The molecule has 0 aliphatic rings. The fraction of sp³-hybridized carbons (Fsp3) is 0.462. The SMILES string of the molecule is CO[Si](CCCNC(N)=O)(OC)OC.Nc1ccc(N)cc1. The third-order valence-electron chi connectivity index (χ3n) is 2.83. The molecular formula is C13H26N4O4Si. The third kappa shape index (κ3) is 8.47. The molecule has 1 aromatic rings. The fourth-order valence-corrected chi connectivity index (χ4v) is 3.29. The molecule has 0 saturated heterocycles. The predicted molar refractivity (Wildman–Crippen MR) is 89.1 cm³/mol. The maximum Gasteiger partial charge on any atom is 0.500 e. The second-order valence-electron chi connectivity index (χ2n) is 4.36. The Bertz CT molecular complexity index is 397. The Kier molecular flexibility index (Phi) is 9.95. The number of primary amides is 1. The highest BCUT2D eigenvalue weighted by Gasteiger charge is 2.36. The van der Waals surface area contributed by atoms with Gasteiger partial charge in [-0.3, -0.25) is 0 Å². The van der Waals surface area contributed by atoms with Crippen LogP contribution in [-0.4, -0.2) is 42.7 Å². The van der Waals surface area contributed by atoms with Crippen molar-refractivity contribution in [3.8, 4) is 0 Å². The summed E-state index contributed by atoms with van der Waals surface area (Å²) in [4.78, 5) is 10.4. The van der Waals surface area contributed by atoms with Crippen LogP contribution < -0.4 is 22.5 Å². The first-order chi connectivity index (χ1) is 10.4. The lowest BCUT2D eigenvalue weighted by atomic mass is 10.3. The zero-order valence-electron chi connectivity index (χ0n) is 13.3. The van der Waals surface area contributed by atoms with E-state index in [1.807, 2.05) is 0 Å². The van der Waals surface area contributed by atoms with Crippen LogP contribution in [0.5, 0.6) is 0 Å². The summed E-state index contributed by atoms with van der Waals surface area (Å²) in [5.74, 6) is 0. The summed E-state index contributed by atoms with van der Waals surface area (Å²) in [6, 6.07) is 7.22. The standard InChI is InChI=1S/C7H18N2O4Si.C6H8N2/c1-11-14(12-2,13-3)6-4-5-9-7(8)10;7-5-1-2-6(8)4-3-5/h4-6H2,1-3H3,(H3,8,9,10);1-4H,7-8H2. The minimum Gasteiger partial charge on any atom is -0.399 e.